The van der Waals surface area contributed by atoms with Crippen LogP contribution in [0.15, 0.2) is 35.9 Å². The lowest BCUT2D eigenvalue weighted by atomic mass is 9.98. The maximum Gasteiger partial charge on any atom is 0.125 e. The van der Waals surface area contributed by atoms with Gasteiger partial charge in [0.25, 0.3) is 0 Å². The van der Waals surface area contributed by atoms with Crippen LogP contribution in [0.5, 0.6) is 0 Å². The fraction of sp³-hybridized carbons (Fsp3) is 0.600. The van der Waals surface area contributed by atoms with E-state index in [1.165, 1.54) is 49.4 Å². The van der Waals surface area contributed by atoms with Gasteiger partial charge in [0.15, 0.2) is 0 Å². The van der Waals surface area contributed by atoms with Crippen molar-refractivity contribution in [2.75, 3.05) is 0 Å². The smallest absolute Gasteiger partial charge is 0.125 e. The highest BCUT2D eigenvalue weighted by atomic mass is 28.3. The second kappa shape index (κ2) is 6.72. The van der Waals surface area contributed by atoms with E-state index in [1.54, 1.807) is 11.1 Å². The summed E-state index contributed by atoms with van der Waals surface area (Å²) in [6, 6.07) is 15.9. The Morgan fingerprint density at radius 3 is 2.36 bits per heavy atom. The average Bonchev–Trinajstić information content (AvgIpc) is 3.14. The van der Waals surface area contributed by atoms with Gasteiger partial charge in [0, 0.05) is 6.04 Å². The first-order valence-corrected chi connectivity index (χ1v) is 11.9. The third-order valence-corrected chi connectivity index (χ3v) is 11.3. The molecule has 120 valence electrons. The van der Waals surface area contributed by atoms with Gasteiger partial charge in [0.2, 0.25) is 0 Å². The maximum absolute atomic E-state index is 4.24. The molecule has 2 aliphatic rings. The fourth-order valence-corrected chi connectivity index (χ4v) is 7.83. The first kappa shape index (κ1) is 16.0. The molecule has 2 heteroatoms. The van der Waals surface area contributed by atoms with Gasteiger partial charge in [0.05, 0.1) is 0 Å². The lowest BCUT2D eigenvalue weighted by molar-refractivity contribution is 0.551. The molecule has 1 N–H and O–H groups in total. The monoisotopic (exact) mass is 313 g/mol. The van der Waals surface area contributed by atoms with Crippen molar-refractivity contribution in [2.24, 2.45) is 5.92 Å². The van der Waals surface area contributed by atoms with Crippen LogP contribution in [0, 0.1) is 5.92 Å². The predicted molar refractivity (Wildman–Crippen MR) is 99.4 cm³/mol. The summed E-state index contributed by atoms with van der Waals surface area (Å²) in [6.45, 7) is 7.20. The molecule has 0 saturated heterocycles. The van der Waals surface area contributed by atoms with Crippen LogP contribution >= 0.6 is 0 Å². The normalized spacial score (nSPS) is 24.9. The number of fused-ring (bicyclic) bond motifs is 1. The number of rotatable bonds is 6. The van der Waals surface area contributed by atoms with Crippen LogP contribution in [0.2, 0.25) is 18.1 Å². The minimum Gasteiger partial charge on any atom is -0.330 e. The molecule has 1 aromatic rings. The van der Waals surface area contributed by atoms with E-state index in [4.69, 9.17) is 0 Å². The minimum absolute atomic E-state index is 0.620. The van der Waals surface area contributed by atoms with Crippen LogP contribution in [0.3, 0.4) is 0 Å². The third kappa shape index (κ3) is 2.83. The maximum atomic E-state index is 4.24. The number of nitrogens with one attached hydrogen (secondary N) is 1. The molecule has 1 fully saturated rings. The van der Waals surface area contributed by atoms with Gasteiger partial charge >= 0.3 is 0 Å². The topological polar surface area (TPSA) is 12.0 Å². The number of hydrogen-bond acceptors (Lipinski definition) is 1. The van der Waals surface area contributed by atoms with Crippen LogP contribution in [-0.2, 0) is 0 Å². The van der Waals surface area contributed by atoms with E-state index < -0.39 is 8.24 Å². The van der Waals surface area contributed by atoms with E-state index in [2.05, 4.69) is 56.1 Å². The molecule has 0 amide bonds. The Morgan fingerprint density at radius 2 is 1.73 bits per heavy atom. The summed E-state index contributed by atoms with van der Waals surface area (Å²) in [4.78, 5) is 4.24. The Morgan fingerprint density at radius 1 is 1.05 bits per heavy atom. The molecule has 0 spiro atoms. The van der Waals surface area contributed by atoms with E-state index in [9.17, 15) is 0 Å². The summed E-state index contributed by atoms with van der Waals surface area (Å²) in [6.07, 6.45) is 5.52. The molecule has 3 rings (SSSR count). The first-order valence-electron chi connectivity index (χ1n) is 9.29. The van der Waals surface area contributed by atoms with Crippen molar-refractivity contribution in [1.82, 2.24) is 4.98 Å². The average molecular weight is 314 g/mol. The molecule has 0 aromatic heterocycles. The summed E-state index contributed by atoms with van der Waals surface area (Å²) in [5, 5.41) is 0. The van der Waals surface area contributed by atoms with Gasteiger partial charge in [-0.1, -0.05) is 56.7 Å². The van der Waals surface area contributed by atoms with Gasteiger partial charge in [-0.15, -0.1) is 0 Å². The molecule has 1 nitrogen and oxygen atoms in total. The van der Waals surface area contributed by atoms with Gasteiger partial charge in [-0.25, -0.2) is 0 Å². The summed E-state index contributed by atoms with van der Waals surface area (Å²) >= 11 is 0. The summed E-state index contributed by atoms with van der Waals surface area (Å²) < 4.78 is 0. The van der Waals surface area contributed by atoms with Crippen molar-refractivity contribution in [3.8, 4) is 0 Å². The van der Waals surface area contributed by atoms with E-state index >= 15 is 0 Å². The highest BCUT2D eigenvalue weighted by Gasteiger charge is 2.40. The number of benzene rings is 1. The van der Waals surface area contributed by atoms with Crippen LogP contribution in [0.4, 0.5) is 0 Å². The largest absolute Gasteiger partial charge is 0.330 e. The molecule has 0 heterocycles. The van der Waals surface area contributed by atoms with Crippen molar-refractivity contribution in [3.63, 3.8) is 0 Å². The van der Waals surface area contributed by atoms with Crippen molar-refractivity contribution < 1.29 is 0 Å². The van der Waals surface area contributed by atoms with Gasteiger partial charge in [-0.05, 0) is 60.9 Å². The van der Waals surface area contributed by atoms with Gasteiger partial charge in [-0.3, -0.25) is 0 Å². The summed E-state index contributed by atoms with van der Waals surface area (Å²) in [7, 11) is -1.29. The van der Waals surface area contributed by atoms with E-state index in [0.717, 1.165) is 5.92 Å². The van der Waals surface area contributed by atoms with Crippen LogP contribution in [0.25, 0.3) is 5.57 Å². The molecule has 2 atom stereocenters. The molecule has 0 bridgehead atoms. The first-order chi connectivity index (χ1) is 10.7. The Bertz CT molecular complexity index is 522. The molecule has 22 heavy (non-hydrogen) atoms. The van der Waals surface area contributed by atoms with Crippen LogP contribution in [0.1, 0.15) is 52.0 Å². The number of hydrogen-bond donors (Lipinski definition) is 1. The van der Waals surface area contributed by atoms with E-state index in [1.807, 2.05) is 0 Å². The third-order valence-electron chi connectivity index (χ3n) is 6.30. The Balaban J connectivity index is 1.93. The second-order valence-electron chi connectivity index (χ2n) is 7.17. The Kier molecular flexibility index (Phi) is 4.89. The molecule has 2 aliphatic carbocycles. The molecule has 0 aliphatic heterocycles. The highest BCUT2D eigenvalue weighted by Crippen LogP contribution is 2.47. The Hall–Kier alpha value is -0.863. The van der Waals surface area contributed by atoms with E-state index in [-0.39, 0.29) is 0 Å². The van der Waals surface area contributed by atoms with Gasteiger partial charge in [0.1, 0.15) is 8.24 Å². The van der Waals surface area contributed by atoms with Gasteiger partial charge < -0.3 is 4.98 Å². The van der Waals surface area contributed by atoms with E-state index in [0.29, 0.717) is 6.04 Å². The molecule has 0 radical (unpaired) electrons. The minimum atomic E-state index is -1.29. The van der Waals surface area contributed by atoms with Crippen molar-refractivity contribution in [1.29, 1.82) is 0 Å². The van der Waals surface area contributed by atoms with Crippen LogP contribution < -0.4 is 4.98 Å². The highest BCUT2D eigenvalue weighted by molar-refractivity contribution is 6.77. The fourth-order valence-electron chi connectivity index (χ4n) is 4.72. The van der Waals surface area contributed by atoms with Crippen molar-refractivity contribution in [2.45, 2.75) is 70.6 Å². The lowest BCUT2D eigenvalue weighted by Gasteiger charge is -2.34. The molecule has 1 aromatic carbocycles. The number of allylic oxidation sites excluding steroid dienone is 1. The summed E-state index contributed by atoms with van der Waals surface area (Å²) in [5.41, 5.74) is 4.94. The quantitative estimate of drug-likeness (QED) is 0.673. The zero-order valence-corrected chi connectivity index (χ0v) is 15.5. The lowest BCUT2D eigenvalue weighted by Crippen LogP contribution is -2.53. The summed E-state index contributed by atoms with van der Waals surface area (Å²) in [5.74, 6) is 0.866. The Labute approximate surface area is 137 Å². The SMILES string of the molecule is CC[Si](CC)(CC)NC1CC2CCCC2=C1c1ccccc1. The molecule has 1 saturated carbocycles. The van der Waals surface area contributed by atoms with Gasteiger partial charge in [-0.2, -0.15) is 0 Å². The predicted octanol–water partition coefficient (Wildman–Crippen LogP) is 5.61. The molecule has 2 unspecified atom stereocenters. The zero-order valence-electron chi connectivity index (χ0n) is 14.5. The second-order valence-corrected chi connectivity index (χ2v) is 12.1. The zero-order chi connectivity index (χ0) is 15.6. The molecular formula is C20H31NSi. The van der Waals surface area contributed by atoms with Crippen LogP contribution in [-0.4, -0.2) is 14.3 Å². The van der Waals surface area contributed by atoms with Crippen molar-refractivity contribution >= 4 is 13.8 Å². The standard InChI is InChI=1S/C20H31NSi/c1-4-22(5-2,6-3)21-19-15-17-13-10-14-18(17)20(19)16-11-8-7-9-12-16/h7-9,11-12,17,19,21H,4-6,10,13-15H2,1-3H3. The van der Waals surface area contributed by atoms with Crippen molar-refractivity contribution in [3.05, 3.63) is 41.5 Å². The molecular weight excluding hydrogens is 282 g/mol.